The van der Waals surface area contributed by atoms with Crippen LogP contribution in [0.3, 0.4) is 0 Å². The maximum atomic E-state index is 13.7. The Morgan fingerprint density at radius 3 is 0.880 bits per heavy atom. The Kier molecular flexibility index (Phi) is 31.7. The van der Waals surface area contributed by atoms with Crippen molar-refractivity contribution < 1.29 is 114 Å². The molecule has 0 radical (unpaired) electrons. The van der Waals surface area contributed by atoms with Gasteiger partial charge in [-0.15, -0.1) is 0 Å². The van der Waals surface area contributed by atoms with Gasteiger partial charge >= 0.3 is 40.7 Å². The molecule has 3 aromatic heterocycles. The van der Waals surface area contributed by atoms with Crippen molar-refractivity contribution >= 4 is 112 Å². The minimum atomic E-state index is -4.01. The lowest BCUT2D eigenvalue weighted by atomic mass is 9.96. The minimum Gasteiger partial charge on any atom is -0.466 e. The summed E-state index contributed by atoms with van der Waals surface area (Å²) in [6, 6.07) is 21.8. The molecule has 594 valence electrons. The number of hydrogen-bond donors (Lipinski definition) is 9. The van der Waals surface area contributed by atoms with Crippen LogP contribution in [0.4, 0.5) is 0 Å². The number of carbonyl (C=O) groups is 3. The number of H-pyrrole nitrogens is 3. The second-order valence-corrected chi connectivity index (χ2v) is 34.1. The molecule has 3 fully saturated rings. The van der Waals surface area contributed by atoms with Crippen LogP contribution < -0.4 is 30.2 Å². The van der Waals surface area contributed by atoms with E-state index in [-0.39, 0.29) is 69.9 Å². The molecule has 18 atom stereocenters. The Morgan fingerprint density at radius 2 is 0.676 bits per heavy atom. The summed E-state index contributed by atoms with van der Waals surface area (Å²) >= 11 is 33.1. The molecule has 3 aromatic carbocycles. The quantitative estimate of drug-likeness (QED) is 0.00877. The second kappa shape index (κ2) is 38.4. The van der Waals surface area contributed by atoms with Crippen LogP contribution in [0.25, 0.3) is 0 Å². The molecular weight excluding hydrogens is 1600 g/mol. The smallest absolute Gasteiger partial charge is 0.380 e. The van der Waals surface area contributed by atoms with Crippen LogP contribution in [0.1, 0.15) is 81.0 Å². The lowest BCUT2D eigenvalue weighted by Crippen LogP contribution is -2.44. The van der Waals surface area contributed by atoms with Gasteiger partial charge in [0.05, 0.1) is 75.9 Å². The number of nitrogens with zero attached hydrogens (tertiary/aromatic N) is 3. The average Bonchev–Trinajstić information content (AvgIpc) is 1.63. The molecule has 0 amide bonds. The predicted molar refractivity (Wildman–Crippen MR) is 398 cm³/mol. The molecule has 42 heteroatoms. The van der Waals surface area contributed by atoms with Gasteiger partial charge in [0.2, 0.25) is 0 Å². The maximum absolute atomic E-state index is 13.7. The third-order valence-corrected chi connectivity index (χ3v) is 24.4. The standard InChI is InChI=1S/3C22H28ClN2O9PS/c3*1-4-31-19(28)13(2)12-35(30,34-15-7-5-14(23)6-8-15)32-11-16-18(27)22(3,29)20(33-16)25-10-9-17(26)24-21(25)36/h3*5-10,13,16,18,20,27,29H,4,11-12H2,1-3H3,(H,24,26,36)/t13-,16-,18+,20-,22?,35?;13-,16-,18+,20-,22?,35+;13-,16-,18+,20-,22?,35-/m111/s1. The van der Waals surface area contributed by atoms with Gasteiger partial charge in [-0.2, -0.15) is 0 Å². The van der Waals surface area contributed by atoms with Crippen molar-refractivity contribution in [1.29, 1.82) is 0 Å². The van der Waals surface area contributed by atoms with Gasteiger partial charge in [-0.1, -0.05) is 55.6 Å². The molecular formula is C66H84Cl3N6O27P3S3. The molecule has 0 spiro atoms. The number of ether oxygens (including phenoxy) is 6. The van der Waals surface area contributed by atoms with E-state index in [0.29, 0.717) is 15.1 Å². The number of aromatic nitrogens is 6. The third kappa shape index (κ3) is 23.5. The van der Waals surface area contributed by atoms with Crippen molar-refractivity contribution in [1.82, 2.24) is 28.7 Å². The highest BCUT2D eigenvalue weighted by Crippen LogP contribution is 2.55. The molecule has 6 aromatic rings. The van der Waals surface area contributed by atoms with E-state index in [4.69, 9.17) is 127 Å². The first-order valence-electron chi connectivity index (χ1n) is 33.3. The zero-order chi connectivity index (χ0) is 80.0. The van der Waals surface area contributed by atoms with Crippen molar-refractivity contribution in [3.8, 4) is 17.2 Å². The number of nitrogens with one attached hydrogen (secondary N) is 3. The number of aliphatic hydroxyl groups excluding tert-OH is 3. The van der Waals surface area contributed by atoms with E-state index in [0.717, 1.165) is 0 Å². The van der Waals surface area contributed by atoms with Crippen molar-refractivity contribution in [2.45, 2.75) is 134 Å². The van der Waals surface area contributed by atoms with Crippen molar-refractivity contribution in [3.05, 3.63) is 170 Å². The summed E-state index contributed by atoms with van der Waals surface area (Å²) < 4.78 is 111. The normalized spacial score (nSPS) is 26.2. The van der Waals surface area contributed by atoms with Crippen molar-refractivity contribution in [2.24, 2.45) is 17.8 Å². The Bertz CT molecular complexity index is 4150. The molecule has 3 aliphatic heterocycles. The van der Waals surface area contributed by atoms with E-state index in [9.17, 15) is 73.1 Å². The van der Waals surface area contributed by atoms with Gasteiger partial charge in [-0.25, -0.2) is 13.7 Å². The van der Waals surface area contributed by atoms with E-state index in [2.05, 4.69) is 15.0 Å². The van der Waals surface area contributed by atoms with Crippen LogP contribution in [0.5, 0.6) is 17.2 Å². The fourth-order valence-corrected chi connectivity index (χ4v) is 17.7. The molecule has 108 heavy (non-hydrogen) atoms. The van der Waals surface area contributed by atoms with Gasteiger partial charge in [0.15, 0.2) is 33.0 Å². The Morgan fingerprint density at radius 1 is 0.454 bits per heavy atom. The van der Waals surface area contributed by atoms with Gasteiger partial charge in [0, 0.05) is 51.9 Å². The van der Waals surface area contributed by atoms with Crippen LogP contribution in [0, 0.1) is 32.1 Å². The number of rotatable bonds is 30. The largest absolute Gasteiger partial charge is 0.466 e. The Hall–Kier alpha value is -6.15. The molecule has 3 saturated heterocycles. The Labute approximate surface area is 648 Å². The molecule has 6 heterocycles. The van der Waals surface area contributed by atoms with Crippen molar-refractivity contribution in [2.75, 3.05) is 58.1 Å². The molecule has 9 rings (SSSR count). The van der Waals surface area contributed by atoms with E-state index < -0.39 is 167 Å². The number of carbonyl (C=O) groups excluding carboxylic acids is 3. The SMILES string of the molecule is CCOC(=O)[C@H](C)CP(=O)(OC[C@H]1O[C@@H](n2ccc(=O)[nH]c2=S)C(C)(O)[C@H]1O)Oc1ccc(Cl)cc1.CCOC(=O)[C@H](C)C[P@@](=O)(OC[C@H]1O[C@@H](n2ccc(=O)[nH]c2=S)C(C)(O)[C@H]1O)Oc1ccc(Cl)cc1.CCOC(=O)[C@H](C)C[P@](=O)(OC[C@H]1O[C@@H](n2ccc(=O)[nH]c2=S)C(C)(O)[C@H]1O)Oc1ccc(Cl)cc1. The average molecular weight is 1690 g/mol. The summed E-state index contributed by atoms with van der Waals surface area (Å²) in [5.41, 5.74) is -6.85. The highest BCUT2D eigenvalue weighted by Gasteiger charge is 2.57. The van der Waals surface area contributed by atoms with Crippen LogP contribution in [0.2, 0.25) is 15.1 Å². The van der Waals surface area contributed by atoms with E-state index >= 15 is 0 Å². The van der Waals surface area contributed by atoms with Crippen LogP contribution in [-0.2, 0) is 70.1 Å². The zero-order valence-electron chi connectivity index (χ0n) is 59.5. The van der Waals surface area contributed by atoms with Crippen LogP contribution >= 0.6 is 94.2 Å². The molecule has 0 saturated carbocycles. The lowest BCUT2D eigenvalue weighted by molar-refractivity contribution is -0.147. The molecule has 33 nitrogen and oxygen atoms in total. The van der Waals surface area contributed by atoms with Gasteiger partial charge in [-0.3, -0.25) is 71.0 Å². The minimum absolute atomic E-state index is 0.0263. The number of benzene rings is 3. The first-order chi connectivity index (χ1) is 50.6. The van der Waals surface area contributed by atoms with Gasteiger partial charge in [0.25, 0.3) is 16.7 Å². The van der Waals surface area contributed by atoms with Gasteiger partial charge in [0.1, 0.15) is 70.7 Å². The summed E-state index contributed by atoms with van der Waals surface area (Å²) in [5.74, 6) is -3.63. The number of aromatic amines is 3. The van der Waals surface area contributed by atoms with Gasteiger partial charge < -0.3 is 72.6 Å². The molecule has 0 bridgehead atoms. The van der Waals surface area contributed by atoms with E-state index in [1.807, 2.05) is 0 Å². The third-order valence-electron chi connectivity index (χ3n) is 16.6. The fraction of sp³-hybridized carbons (Fsp3) is 0.500. The molecule has 4 unspecified atom stereocenters. The number of hydrogen-bond acceptors (Lipinski definition) is 30. The summed E-state index contributed by atoms with van der Waals surface area (Å²) in [4.78, 5) is 78.3. The van der Waals surface area contributed by atoms with E-state index in [1.54, 1.807) is 20.8 Å². The number of aliphatic hydroxyl groups is 6. The first-order valence-corrected chi connectivity index (χ1v) is 40.8. The van der Waals surface area contributed by atoms with Gasteiger partial charge in [-0.05, 0) is 151 Å². The van der Waals surface area contributed by atoms with Crippen LogP contribution in [0.15, 0.2) is 124 Å². The predicted octanol–water partition coefficient (Wildman–Crippen LogP) is 9.17. The first kappa shape index (κ1) is 89.1. The topological polar surface area (TPSA) is 448 Å². The van der Waals surface area contributed by atoms with Crippen molar-refractivity contribution in [3.63, 3.8) is 0 Å². The summed E-state index contributed by atoms with van der Waals surface area (Å²) in [7, 11) is -12.0. The number of halogens is 3. The maximum Gasteiger partial charge on any atom is 0.380 e. The zero-order valence-corrected chi connectivity index (χ0v) is 66.9. The number of esters is 3. The summed E-state index contributed by atoms with van der Waals surface area (Å²) in [6.45, 7) is 12.6. The lowest BCUT2D eigenvalue weighted by Gasteiger charge is -2.28. The highest BCUT2D eigenvalue weighted by atomic mass is 35.5. The van der Waals surface area contributed by atoms with Crippen LogP contribution in [-0.4, -0.2) is 189 Å². The second-order valence-electron chi connectivity index (χ2n) is 25.5. The Balaban J connectivity index is 0.000000226. The molecule has 0 aliphatic carbocycles. The summed E-state index contributed by atoms with van der Waals surface area (Å²) in [6.07, 6.45) is -8.43. The summed E-state index contributed by atoms with van der Waals surface area (Å²) in [5, 5.41) is 66.4. The fourth-order valence-electron chi connectivity index (χ4n) is 10.9. The monoisotopic (exact) mass is 1690 g/mol. The molecule has 9 N–H and O–H groups in total. The molecule has 3 aliphatic rings. The highest BCUT2D eigenvalue weighted by molar-refractivity contribution is 7.71. The van der Waals surface area contributed by atoms with E-state index in [1.165, 1.54) is 165 Å².